The zero-order valence-corrected chi connectivity index (χ0v) is 15.8. The van der Waals surface area contributed by atoms with Crippen molar-refractivity contribution in [3.8, 4) is 11.5 Å². The molecule has 25 heavy (non-hydrogen) atoms. The number of hydrogen-bond donors (Lipinski definition) is 1. The van der Waals surface area contributed by atoms with Gasteiger partial charge in [0.1, 0.15) is 16.5 Å². The summed E-state index contributed by atoms with van der Waals surface area (Å²) in [5.41, 5.74) is 6.31. The Balaban J connectivity index is 0.00000225. The second-order valence-electron chi connectivity index (χ2n) is 5.82. The molecule has 1 saturated heterocycles. The SMILES string of the molecule is Cl.NCC1CCN(C(=O)c2ccc(Oc3cccc(Cl)c3Cl)cc2)C1. The first-order valence-corrected chi connectivity index (χ1v) is 8.55. The Kier molecular flexibility index (Phi) is 6.96. The Morgan fingerprint density at radius 1 is 1.20 bits per heavy atom. The molecule has 4 nitrogen and oxygen atoms in total. The summed E-state index contributed by atoms with van der Waals surface area (Å²) in [5.74, 6) is 1.50. The average molecular weight is 402 g/mol. The van der Waals surface area contributed by atoms with Gasteiger partial charge in [-0.15, -0.1) is 12.4 Å². The van der Waals surface area contributed by atoms with Crippen LogP contribution in [0.1, 0.15) is 16.8 Å². The van der Waals surface area contributed by atoms with E-state index < -0.39 is 0 Å². The average Bonchev–Trinajstić information content (AvgIpc) is 3.08. The number of nitrogens with zero attached hydrogens (tertiary/aromatic N) is 1. The van der Waals surface area contributed by atoms with Crippen molar-refractivity contribution < 1.29 is 9.53 Å². The van der Waals surface area contributed by atoms with Gasteiger partial charge in [-0.3, -0.25) is 4.79 Å². The third-order valence-electron chi connectivity index (χ3n) is 4.15. The number of amides is 1. The van der Waals surface area contributed by atoms with Crippen LogP contribution in [0.3, 0.4) is 0 Å². The monoisotopic (exact) mass is 400 g/mol. The zero-order chi connectivity index (χ0) is 17.1. The second-order valence-corrected chi connectivity index (χ2v) is 6.61. The molecule has 0 bridgehead atoms. The molecule has 1 atom stereocenters. The van der Waals surface area contributed by atoms with Gasteiger partial charge in [-0.05, 0) is 55.3 Å². The Bertz CT molecular complexity index is 738. The Hall–Kier alpha value is -1.46. The molecule has 1 heterocycles. The van der Waals surface area contributed by atoms with E-state index in [1.807, 2.05) is 4.90 Å². The first-order chi connectivity index (χ1) is 11.6. The summed E-state index contributed by atoms with van der Waals surface area (Å²) in [4.78, 5) is 14.3. The van der Waals surface area contributed by atoms with Crippen LogP contribution in [-0.2, 0) is 0 Å². The molecule has 0 aromatic heterocycles. The van der Waals surface area contributed by atoms with Gasteiger partial charge < -0.3 is 15.4 Å². The molecule has 7 heteroatoms. The van der Waals surface area contributed by atoms with E-state index in [0.29, 0.717) is 39.6 Å². The van der Waals surface area contributed by atoms with Gasteiger partial charge >= 0.3 is 0 Å². The second kappa shape index (κ2) is 8.77. The number of rotatable bonds is 4. The molecule has 0 radical (unpaired) electrons. The van der Waals surface area contributed by atoms with Crippen molar-refractivity contribution in [2.45, 2.75) is 6.42 Å². The molecule has 2 aromatic carbocycles. The first kappa shape index (κ1) is 19.9. The smallest absolute Gasteiger partial charge is 0.253 e. The van der Waals surface area contributed by atoms with Crippen LogP contribution in [-0.4, -0.2) is 30.4 Å². The van der Waals surface area contributed by atoms with E-state index in [4.69, 9.17) is 33.7 Å². The molecule has 0 spiro atoms. The van der Waals surface area contributed by atoms with Gasteiger partial charge in [0.25, 0.3) is 5.91 Å². The summed E-state index contributed by atoms with van der Waals surface area (Å²) in [6.07, 6.45) is 0.969. The summed E-state index contributed by atoms with van der Waals surface area (Å²) < 4.78 is 5.73. The van der Waals surface area contributed by atoms with Crippen molar-refractivity contribution in [1.82, 2.24) is 4.90 Å². The van der Waals surface area contributed by atoms with Gasteiger partial charge in [0, 0.05) is 18.7 Å². The van der Waals surface area contributed by atoms with Gasteiger partial charge in [0.05, 0.1) is 5.02 Å². The molecular weight excluding hydrogens is 383 g/mol. The van der Waals surface area contributed by atoms with Crippen molar-refractivity contribution in [3.63, 3.8) is 0 Å². The Labute approximate surface area is 163 Å². The van der Waals surface area contributed by atoms with Gasteiger partial charge in [0.15, 0.2) is 0 Å². The Morgan fingerprint density at radius 2 is 1.92 bits per heavy atom. The topological polar surface area (TPSA) is 55.6 Å². The van der Waals surface area contributed by atoms with Crippen molar-refractivity contribution >= 4 is 41.5 Å². The highest BCUT2D eigenvalue weighted by Crippen LogP contribution is 2.34. The molecule has 2 aromatic rings. The van der Waals surface area contributed by atoms with Crippen molar-refractivity contribution in [3.05, 3.63) is 58.1 Å². The van der Waals surface area contributed by atoms with Crippen LogP contribution in [0.5, 0.6) is 11.5 Å². The van der Waals surface area contributed by atoms with Crippen LogP contribution in [0.15, 0.2) is 42.5 Å². The van der Waals surface area contributed by atoms with Gasteiger partial charge in [-0.25, -0.2) is 0 Å². The van der Waals surface area contributed by atoms with Crippen LogP contribution >= 0.6 is 35.6 Å². The maximum absolute atomic E-state index is 12.5. The van der Waals surface area contributed by atoms with Crippen LogP contribution in [0.2, 0.25) is 10.0 Å². The summed E-state index contributed by atoms with van der Waals surface area (Å²) in [7, 11) is 0. The maximum Gasteiger partial charge on any atom is 0.253 e. The van der Waals surface area contributed by atoms with E-state index in [2.05, 4.69) is 0 Å². The number of carbonyl (C=O) groups excluding carboxylic acids is 1. The highest BCUT2D eigenvalue weighted by Gasteiger charge is 2.25. The van der Waals surface area contributed by atoms with Gasteiger partial charge in [-0.1, -0.05) is 29.3 Å². The molecular formula is C18H19Cl3N2O2. The zero-order valence-electron chi connectivity index (χ0n) is 13.5. The molecule has 1 fully saturated rings. The molecule has 0 aliphatic carbocycles. The van der Waals surface area contributed by atoms with Crippen LogP contribution in [0.4, 0.5) is 0 Å². The fraction of sp³-hybridized carbons (Fsp3) is 0.278. The van der Waals surface area contributed by atoms with Crippen molar-refractivity contribution in [2.24, 2.45) is 11.7 Å². The molecule has 1 aliphatic rings. The van der Waals surface area contributed by atoms with E-state index in [1.165, 1.54) is 0 Å². The molecule has 0 saturated carbocycles. The van der Waals surface area contributed by atoms with Gasteiger partial charge in [0.2, 0.25) is 0 Å². The number of carbonyl (C=O) groups is 1. The minimum Gasteiger partial charge on any atom is -0.456 e. The van der Waals surface area contributed by atoms with Crippen LogP contribution in [0.25, 0.3) is 0 Å². The number of likely N-dealkylation sites (tertiary alicyclic amines) is 1. The van der Waals surface area contributed by atoms with E-state index in [9.17, 15) is 4.79 Å². The predicted molar refractivity (Wildman–Crippen MR) is 103 cm³/mol. The summed E-state index contributed by atoms with van der Waals surface area (Å²) >= 11 is 12.1. The summed E-state index contributed by atoms with van der Waals surface area (Å²) in [5, 5.41) is 0.800. The molecule has 1 amide bonds. The largest absolute Gasteiger partial charge is 0.456 e. The first-order valence-electron chi connectivity index (χ1n) is 7.79. The summed E-state index contributed by atoms with van der Waals surface area (Å²) in [6.45, 7) is 2.11. The standard InChI is InChI=1S/C18H18Cl2N2O2.ClH/c19-15-2-1-3-16(17(15)20)24-14-6-4-13(5-7-14)18(23)22-9-8-12(10-21)11-22;/h1-7,12H,8-11,21H2;1H. The lowest BCUT2D eigenvalue weighted by atomic mass is 10.1. The molecule has 134 valence electrons. The minimum absolute atomic E-state index is 0. The van der Waals surface area contributed by atoms with Crippen molar-refractivity contribution in [1.29, 1.82) is 0 Å². The van der Waals surface area contributed by atoms with Crippen LogP contribution < -0.4 is 10.5 Å². The lowest BCUT2D eigenvalue weighted by Crippen LogP contribution is -2.29. The van der Waals surface area contributed by atoms with E-state index in [0.717, 1.165) is 19.5 Å². The number of hydrogen-bond acceptors (Lipinski definition) is 3. The van der Waals surface area contributed by atoms with Crippen molar-refractivity contribution in [2.75, 3.05) is 19.6 Å². The highest BCUT2D eigenvalue weighted by atomic mass is 35.5. The lowest BCUT2D eigenvalue weighted by Gasteiger charge is -2.16. The maximum atomic E-state index is 12.5. The van der Waals surface area contributed by atoms with Gasteiger partial charge in [-0.2, -0.15) is 0 Å². The Morgan fingerprint density at radius 3 is 2.56 bits per heavy atom. The van der Waals surface area contributed by atoms with E-state index >= 15 is 0 Å². The quantitative estimate of drug-likeness (QED) is 0.812. The predicted octanol–water partition coefficient (Wildman–Crippen LogP) is 4.63. The molecule has 1 unspecified atom stereocenters. The number of benzene rings is 2. The van der Waals surface area contributed by atoms with E-state index in [-0.39, 0.29) is 18.3 Å². The third-order valence-corrected chi connectivity index (χ3v) is 4.95. The van der Waals surface area contributed by atoms with Crippen LogP contribution in [0, 0.1) is 5.92 Å². The van der Waals surface area contributed by atoms with E-state index in [1.54, 1.807) is 42.5 Å². The fourth-order valence-corrected chi connectivity index (χ4v) is 3.08. The molecule has 1 aliphatic heterocycles. The summed E-state index contributed by atoms with van der Waals surface area (Å²) in [6, 6.07) is 12.2. The highest BCUT2D eigenvalue weighted by molar-refractivity contribution is 6.42. The fourth-order valence-electron chi connectivity index (χ4n) is 2.75. The third kappa shape index (κ3) is 4.59. The molecule has 2 N–H and O–H groups in total. The minimum atomic E-state index is 0. The normalized spacial score (nSPS) is 16.4. The lowest BCUT2D eigenvalue weighted by molar-refractivity contribution is 0.0787. The molecule has 3 rings (SSSR count). The number of nitrogens with two attached hydrogens (primary N) is 1. The number of ether oxygens (including phenoxy) is 1. The number of halogens is 3.